The van der Waals surface area contributed by atoms with Crippen molar-refractivity contribution in [2.75, 3.05) is 19.8 Å². The number of amides is 1. The van der Waals surface area contributed by atoms with Crippen molar-refractivity contribution in [3.63, 3.8) is 0 Å². The summed E-state index contributed by atoms with van der Waals surface area (Å²) in [4.78, 5) is 23.8. The van der Waals surface area contributed by atoms with Gasteiger partial charge in [-0.3, -0.25) is 4.79 Å². The number of hydrogen-bond donors (Lipinski definition) is 1. The molecular weight excluding hydrogens is 286 g/mol. The molecule has 1 amide bonds. The Morgan fingerprint density at radius 1 is 1.27 bits per heavy atom. The molecule has 1 aliphatic rings. The van der Waals surface area contributed by atoms with E-state index in [1.165, 1.54) is 0 Å². The molecule has 0 bridgehead atoms. The summed E-state index contributed by atoms with van der Waals surface area (Å²) in [6, 6.07) is 9.09. The maximum absolute atomic E-state index is 11.9. The van der Waals surface area contributed by atoms with E-state index in [0.717, 1.165) is 5.56 Å². The van der Waals surface area contributed by atoms with Crippen LogP contribution in [0.25, 0.3) is 0 Å². The first-order chi connectivity index (χ1) is 10.7. The van der Waals surface area contributed by atoms with Gasteiger partial charge >= 0.3 is 12.1 Å². The van der Waals surface area contributed by atoms with Crippen molar-refractivity contribution in [2.24, 2.45) is 5.92 Å². The van der Waals surface area contributed by atoms with Crippen molar-refractivity contribution in [2.45, 2.75) is 26.0 Å². The molecule has 2 atom stereocenters. The predicted molar refractivity (Wildman–Crippen MR) is 79.1 cm³/mol. The zero-order chi connectivity index (χ0) is 15.8. The third-order valence-electron chi connectivity index (χ3n) is 3.46. The van der Waals surface area contributed by atoms with Crippen LogP contribution in [0.15, 0.2) is 30.3 Å². The maximum Gasteiger partial charge on any atom is 0.407 e. The van der Waals surface area contributed by atoms with E-state index in [2.05, 4.69) is 5.32 Å². The molecule has 2 rings (SSSR count). The Labute approximate surface area is 129 Å². The number of hydrogen-bond acceptors (Lipinski definition) is 5. The second kappa shape index (κ2) is 8.38. The van der Waals surface area contributed by atoms with Crippen LogP contribution in [0.1, 0.15) is 18.9 Å². The lowest BCUT2D eigenvalue weighted by Crippen LogP contribution is -2.49. The zero-order valence-corrected chi connectivity index (χ0v) is 12.6. The molecule has 1 fully saturated rings. The van der Waals surface area contributed by atoms with Crippen LogP contribution in [0, 0.1) is 5.92 Å². The van der Waals surface area contributed by atoms with Crippen LogP contribution in [-0.2, 0) is 25.6 Å². The minimum atomic E-state index is -0.537. The number of carbonyl (C=O) groups is 2. The minimum absolute atomic E-state index is 0.194. The Morgan fingerprint density at radius 2 is 2.05 bits per heavy atom. The van der Waals surface area contributed by atoms with Crippen LogP contribution >= 0.6 is 0 Å². The second-order valence-electron chi connectivity index (χ2n) is 5.03. The topological polar surface area (TPSA) is 73.9 Å². The first kappa shape index (κ1) is 16.3. The van der Waals surface area contributed by atoms with Crippen molar-refractivity contribution in [3.8, 4) is 0 Å². The molecular formula is C16H21NO5. The highest BCUT2D eigenvalue weighted by atomic mass is 16.6. The van der Waals surface area contributed by atoms with E-state index >= 15 is 0 Å². The lowest BCUT2D eigenvalue weighted by atomic mass is 9.96. The minimum Gasteiger partial charge on any atom is -0.466 e. The van der Waals surface area contributed by atoms with Crippen molar-refractivity contribution in [3.05, 3.63) is 35.9 Å². The fourth-order valence-electron chi connectivity index (χ4n) is 2.31. The second-order valence-corrected chi connectivity index (χ2v) is 5.03. The quantitative estimate of drug-likeness (QED) is 0.841. The number of benzene rings is 1. The standard InChI is InChI=1S/C16H21NO5/c1-2-21-15(18)13-11-20-9-8-14(13)17-16(19)22-10-12-6-4-3-5-7-12/h3-7,13-14H,2,8-11H2,1H3,(H,17,19)/t13-,14-/m0/s1. The number of rotatable bonds is 5. The van der Waals surface area contributed by atoms with E-state index in [-0.39, 0.29) is 25.2 Å². The summed E-state index contributed by atoms with van der Waals surface area (Å²) in [6.07, 6.45) is 0.0225. The van der Waals surface area contributed by atoms with Gasteiger partial charge in [-0.25, -0.2) is 4.79 Å². The lowest BCUT2D eigenvalue weighted by Gasteiger charge is -2.30. The van der Waals surface area contributed by atoms with Crippen LogP contribution in [0.3, 0.4) is 0 Å². The average molecular weight is 307 g/mol. The maximum atomic E-state index is 11.9. The smallest absolute Gasteiger partial charge is 0.407 e. The van der Waals surface area contributed by atoms with Gasteiger partial charge in [-0.05, 0) is 18.9 Å². The van der Waals surface area contributed by atoms with E-state index in [1.807, 2.05) is 30.3 Å². The Morgan fingerprint density at radius 3 is 2.77 bits per heavy atom. The Balaban J connectivity index is 1.84. The van der Waals surface area contributed by atoms with Gasteiger partial charge < -0.3 is 19.5 Å². The zero-order valence-electron chi connectivity index (χ0n) is 12.6. The number of esters is 1. The highest BCUT2D eigenvalue weighted by Crippen LogP contribution is 2.17. The normalized spacial score (nSPS) is 21.0. The molecule has 1 saturated heterocycles. The van der Waals surface area contributed by atoms with Crippen molar-refractivity contribution in [1.82, 2.24) is 5.32 Å². The van der Waals surface area contributed by atoms with E-state index < -0.39 is 12.0 Å². The third kappa shape index (κ3) is 4.73. The van der Waals surface area contributed by atoms with Crippen LogP contribution in [0.2, 0.25) is 0 Å². The Bertz CT molecular complexity index is 491. The monoisotopic (exact) mass is 307 g/mol. The van der Waals surface area contributed by atoms with E-state index in [4.69, 9.17) is 14.2 Å². The molecule has 0 spiro atoms. The molecule has 6 nitrogen and oxygen atoms in total. The van der Waals surface area contributed by atoms with Gasteiger partial charge in [0, 0.05) is 12.6 Å². The van der Waals surface area contributed by atoms with Gasteiger partial charge in [0.2, 0.25) is 0 Å². The van der Waals surface area contributed by atoms with E-state index in [1.54, 1.807) is 6.92 Å². The summed E-state index contributed by atoms with van der Waals surface area (Å²) >= 11 is 0. The molecule has 1 heterocycles. The van der Waals surface area contributed by atoms with Crippen LogP contribution in [0.5, 0.6) is 0 Å². The summed E-state index contributed by atoms with van der Waals surface area (Å²) in [5.74, 6) is -0.839. The third-order valence-corrected chi connectivity index (χ3v) is 3.46. The Hall–Kier alpha value is -2.08. The van der Waals surface area contributed by atoms with Crippen molar-refractivity contribution >= 4 is 12.1 Å². The van der Waals surface area contributed by atoms with Crippen LogP contribution in [0.4, 0.5) is 4.79 Å². The molecule has 1 aliphatic heterocycles. The summed E-state index contributed by atoms with van der Waals surface area (Å²) < 4.78 is 15.5. The van der Waals surface area contributed by atoms with Gasteiger partial charge in [-0.15, -0.1) is 0 Å². The fraction of sp³-hybridized carbons (Fsp3) is 0.500. The predicted octanol–water partition coefficient (Wildman–Crippen LogP) is 1.88. The molecule has 1 aromatic carbocycles. The number of carbonyl (C=O) groups excluding carboxylic acids is 2. The van der Waals surface area contributed by atoms with Gasteiger partial charge in [-0.2, -0.15) is 0 Å². The summed E-state index contributed by atoms with van der Waals surface area (Å²) in [5, 5.41) is 2.74. The first-order valence-corrected chi connectivity index (χ1v) is 7.42. The largest absolute Gasteiger partial charge is 0.466 e. The Kier molecular flexibility index (Phi) is 6.21. The molecule has 0 saturated carbocycles. The summed E-state index contributed by atoms with van der Waals surface area (Å²) in [7, 11) is 0. The highest BCUT2D eigenvalue weighted by Gasteiger charge is 2.34. The van der Waals surface area contributed by atoms with Crippen molar-refractivity contribution < 1.29 is 23.8 Å². The molecule has 0 unspecified atom stereocenters. The SMILES string of the molecule is CCOC(=O)[C@H]1COCC[C@@H]1NC(=O)OCc1ccccc1. The summed E-state index contributed by atoms with van der Waals surface area (Å²) in [6.45, 7) is 3.00. The van der Waals surface area contributed by atoms with Crippen LogP contribution in [-0.4, -0.2) is 37.9 Å². The average Bonchev–Trinajstić information content (AvgIpc) is 2.54. The molecule has 1 N–H and O–H groups in total. The summed E-state index contributed by atoms with van der Waals surface area (Å²) in [5.41, 5.74) is 0.909. The first-order valence-electron chi connectivity index (χ1n) is 7.42. The molecule has 1 aromatic rings. The van der Waals surface area contributed by atoms with Crippen LogP contribution < -0.4 is 5.32 Å². The molecule has 0 radical (unpaired) electrons. The molecule has 0 aliphatic carbocycles. The van der Waals surface area contributed by atoms with Crippen molar-refractivity contribution in [1.29, 1.82) is 0 Å². The number of ether oxygens (including phenoxy) is 3. The number of nitrogens with one attached hydrogen (secondary N) is 1. The molecule has 0 aromatic heterocycles. The lowest BCUT2D eigenvalue weighted by molar-refractivity contribution is -0.153. The van der Waals surface area contributed by atoms with E-state index in [9.17, 15) is 9.59 Å². The van der Waals surface area contributed by atoms with Gasteiger partial charge in [0.15, 0.2) is 0 Å². The fourth-order valence-corrected chi connectivity index (χ4v) is 2.31. The molecule has 22 heavy (non-hydrogen) atoms. The molecule has 120 valence electrons. The highest BCUT2D eigenvalue weighted by molar-refractivity contribution is 5.75. The van der Waals surface area contributed by atoms with Gasteiger partial charge in [-0.1, -0.05) is 30.3 Å². The number of alkyl carbamates (subject to hydrolysis) is 1. The van der Waals surface area contributed by atoms with Gasteiger partial charge in [0.1, 0.15) is 12.5 Å². The molecule has 6 heteroatoms. The van der Waals surface area contributed by atoms with Gasteiger partial charge in [0.05, 0.1) is 13.2 Å². The van der Waals surface area contributed by atoms with Gasteiger partial charge in [0.25, 0.3) is 0 Å². The van der Waals surface area contributed by atoms with E-state index in [0.29, 0.717) is 19.6 Å².